The van der Waals surface area contributed by atoms with Crippen molar-refractivity contribution in [3.63, 3.8) is 0 Å². The van der Waals surface area contributed by atoms with Crippen LogP contribution in [0.2, 0.25) is 0 Å². The fourth-order valence-electron chi connectivity index (χ4n) is 7.98. The van der Waals surface area contributed by atoms with Gasteiger partial charge in [-0.2, -0.15) is 0 Å². The third-order valence-corrected chi connectivity index (χ3v) is 10.3. The van der Waals surface area contributed by atoms with E-state index < -0.39 is 15.9 Å². The van der Waals surface area contributed by atoms with Crippen LogP contribution in [0.3, 0.4) is 0 Å². The zero-order chi connectivity index (χ0) is 26.1. The Balaban J connectivity index is 1.10. The van der Waals surface area contributed by atoms with E-state index in [-0.39, 0.29) is 12.0 Å². The van der Waals surface area contributed by atoms with Gasteiger partial charge in [0.2, 0.25) is 15.9 Å². The van der Waals surface area contributed by atoms with Crippen LogP contribution in [0.15, 0.2) is 71.1 Å². The van der Waals surface area contributed by atoms with Crippen molar-refractivity contribution < 1.29 is 17.6 Å². The molecular weight excluding hydrogens is 496 g/mol. The molecule has 6 nitrogen and oxygen atoms in total. The molecule has 4 fully saturated rings. The van der Waals surface area contributed by atoms with E-state index in [2.05, 4.69) is 17.4 Å². The zero-order valence-electron chi connectivity index (χ0n) is 21.5. The first-order valence-electron chi connectivity index (χ1n) is 13.6. The van der Waals surface area contributed by atoms with Gasteiger partial charge in [0.05, 0.1) is 11.9 Å². The Labute approximate surface area is 223 Å². The maximum atomic E-state index is 13.0. The van der Waals surface area contributed by atoms with E-state index in [9.17, 15) is 13.2 Å². The summed E-state index contributed by atoms with van der Waals surface area (Å²) in [6.45, 7) is -0.298. The number of amides is 1. The number of sulfonamides is 1. The monoisotopic (exact) mass is 528 g/mol. The van der Waals surface area contributed by atoms with Crippen molar-refractivity contribution in [2.24, 2.45) is 17.8 Å². The lowest BCUT2D eigenvalue weighted by atomic mass is 9.48. The largest absolute Gasteiger partial charge is 0.456 e. The van der Waals surface area contributed by atoms with Crippen LogP contribution in [0.1, 0.15) is 44.1 Å². The molecule has 38 heavy (non-hydrogen) atoms. The molecule has 1 N–H and O–H groups in total. The molecule has 3 aromatic carbocycles. The molecule has 0 atom stereocenters. The first-order valence-corrected chi connectivity index (χ1v) is 15.4. The molecule has 1 heterocycles. The minimum absolute atomic E-state index is 0.246. The van der Waals surface area contributed by atoms with Crippen LogP contribution < -0.4 is 9.62 Å². The van der Waals surface area contributed by atoms with E-state index in [1.807, 2.05) is 48.5 Å². The highest BCUT2D eigenvalue weighted by molar-refractivity contribution is 7.92. The predicted octanol–water partition coefficient (Wildman–Crippen LogP) is 6.46. The van der Waals surface area contributed by atoms with Crippen molar-refractivity contribution in [1.82, 2.24) is 0 Å². The lowest BCUT2D eigenvalue weighted by molar-refractivity contribution is -0.114. The van der Waals surface area contributed by atoms with Crippen LogP contribution in [0.4, 0.5) is 11.4 Å². The number of benzene rings is 3. The summed E-state index contributed by atoms with van der Waals surface area (Å²) in [6, 6.07) is 21.3. The Kier molecular flexibility index (Phi) is 5.38. The Morgan fingerprint density at radius 3 is 2.18 bits per heavy atom. The second-order valence-corrected chi connectivity index (χ2v) is 13.8. The number of nitrogens with zero attached hydrogens (tertiary/aromatic N) is 1. The van der Waals surface area contributed by atoms with Gasteiger partial charge in [-0.3, -0.25) is 9.10 Å². The number of hydrogen-bond acceptors (Lipinski definition) is 4. The Morgan fingerprint density at radius 1 is 0.895 bits per heavy atom. The van der Waals surface area contributed by atoms with E-state index in [0.29, 0.717) is 17.0 Å². The minimum Gasteiger partial charge on any atom is -0.456 e. The molecule has 8 rings (SSSR count). The number of carbonyl (C=O) groups excluding carboxylic acids is 1. The number of rotatable bonds is 6. The average Bonchev–Trinajstić information content (AvgIpc) is 3.24. The minimum atomic E-state index is -3.66. The predicted molar refractivity (Wildman–Crippen MR) is 151 cm³/mol. The van der Waals surface area contributed by atoms with Crippen molar-refractivity contribution in [3.8, 4) is 0 Å². The maximum Gasteiger partial charge on any atom is 0.245 e. The van der Waals surface area contributed by atoms with Gasteiger partial charge in [0.15, 0.2) is 0 Å². The van der Waals surface area contributed by atoms with Gasteiger partial charge in [-0.25, -0.2) is 8.42 Å². The summed E-state index contributed by atoms with van der Waals surface area (Å²) in [5.41, 5.74) is 4.11. The molecule has 0 unspecified atom stereocenters. The van der Waals surface area contributed by atoms with Crippen LogP contribution in [0.25, 0.3) is 21.9 Å². The molecule has 0 radical (unpaired) electrons. The number of carbonyl (C=O) groups is 1. The number of fused-ring (bicyclic) bond motifs is 3. The Hall–Kier alpha value is -3.32. The van der Waals surface area contributed by atoms with Crippen molar-refractivity contribution >= 4 is 49.2 Å². The fourth-order valence-corrected chi connectivity index (χ4v) is 8.84. The third-order valence-electron chi connectivity index (χ3n) is 9.16. The first-order chi connectivity index (χ1) is 18.3. The molecule has 4 aromatic rings. The second-order valence-electron chi connectivity index (χ2n) is 11.9. The summed E-state index contributed by atoms with van der Waals surface area (Å²) in [7, 11) is -3.66. The SMILES string of the molecule is CS(=O)(=O)N(CC(=O)Nc1ccc2c(c1)oc1ccccc12)c1ccc(C23CC4CC(CC(C4)C2)C3)cc1. The molecule has 4 aliphatic carbocycles. The van der Waals surface area contributed by atoms with Crippen LogP contribution in [-0.4, -0.2) is 27.1 Å². The number of nitrogens with one attached hydrogen (secondary N) is 1. The molecular formula is C31H32N2O4S. The number of hydrogen-bond donors (Lipinski definition) is 1. The number of para-hydroxylation sites is 1. The summed E-state index contributed by atoms with van der Waals surface area (Å²) in [4.78, 5) is 13.0. The molecule has 4 bridgehead atoms. The van der Waals surface area contributed by atoms with Gasteiger partial charge < -0.3 is 9.73 Å². The molecule has 4 aliphatic rings. The summed E-state index contributed by atoms with van der Waals surface area (Å²) < 4.78 is 32.6. The van der Waals surface area contributed by atoms with E-state index in [4.69, 9.17) is 4.42 Å². The Morgan fingerprint density at radius 2 is 1.53 bits per heavy atom. The summed E-state index contributed by atoms with van der Waals surface area (Å²) >= 11 is 0. The highest BCUT2D eigenvalue weighted by atomic mass is 32.2. The first kappa shape index (κ1) is 23.8. The van der Waals surface area contributed by atoms with Gasteiger partial charge in [0.25, 0.3) is 0 Å². The summed E-state index contributed by atoms with van der Waals surface area (Å²) in [6.07, 6.45) is 9.07. The van der Waals surface area contributed by atoms with E-state index in [1.54, 1.807) is 6.07 Å². The summed E-state index contributed by atoms with van der Waals surface area (Å²) in [5.74, 6) is 2.12. The lowest BCUT2D eigenvalue weighted by Gasteiger charge is -2.57. The zero-order valence-corrected chi connectivity index (χ0v) is 22.3. The third kappa shape index (κ3) is 4.08. The molecule has 1 amide bonds. The summed E-state index contributed by atoms with van der Waals surface area (Å²) in [5, 5.41) is 4.83. The average molecular weight is 529 g/mol. The van der Waals surface area contributed by atoms with Gasteiger partial charge in [-0.1, -0.05) is 30.3 Å². The quantitative estimate of drug-likeness (QED) is 0.312. The highest BCUT2D eigenvalue weighted by Crippen LogP contribution is 2.60. The maximum absolute atomic E-state index is 13.0. The van der Waals surface area contributed by atoms with E-state index in [0.717, 1.165) is 40.4 Å². The van der Waals surface area contributed by atoms with Gasteiger partial charge >= 0.3 is 0 Å². The highest BCUT2D eigenvalue weighted by Gasteiger charge is 2.51. The van der Waals surface area contributed by atoms with Crippen LogP contribution in [-0.2, 0) is 20.2 Å². The van der Waals surface area contributed by atoms with Crippen LogP contribution in [0.5, 0.6) is 0 Å². The van der Waals surface area contributed by atoms with E-state index >= 15 is 0 Å². The normalized spacial score (nSPS) is 26.2. The standard InChI is InChI=1S/C31H32N2O4S/c1-38(35,36)33(19-30(34)32-24-8-11-27-26-4-2-3-5-28(26)37-29(27)15-24)25-9-6-23(7-10-25)31-16-20-12-21(17-31)14-22(13-20)18-31/h2-11,15,20-22H,12-14,16-19H2,1H3,(H,32,34). The second kappa shape index (κ2) is 8.60. The van der Waals surface area contributed by atoms with Gasteiger partial charge in [0.1, 0.15) is 17.7 Å². The van der Waals surface area contributed by atoms with Crippen LogP contribution >= 0.6 is 0 Å². The van der Waals surface area contributed by atoms with Crippen molar-refractivity contribution in [2.75, 3.05) is 22.4 Å². The topological polar surface area (TPSA) is 79.6 Å². The molecule has 0 aliphatic heterocycles. The molecule has 0 saturated heterocycles. The van der Waals surface area contributed by atoms with Crippen molar-refractivity contribution in [1.29, 1.82) is 0 Å². The molecule has 7 heteroatoms. The van der Waals surface area contributed by atoms with Gasteiger partial charge in [-0.05, 0) is 97.6 Å². The number of furan rings is 1. The molecule has 0 spiro atoms. The van der Waals surface area contributed by atoms with Crippen molar-refractivity contribution in [3.05, 3.63) is 72.3 Å². The van der Waals surface area contributed by atoms with Crippen molar-refractivity contribution in [2.45, 2.75) is 43.9 Å². The van der Waals surface area contributed by atoms with Gasteiger partial charge in [-0.15, -0.1) is 0 Å². The smallest absolute Gasteiger partial charge is 0.245 e. The number of anilines is 2. The van der Waals surface area contributed by atoms with Crippen LogP contribution in [0, 0.1) is 17.8 Å². The van der Waals surface area contributed by atoms with Gasteiger partial charge in [0, 0.05) is 22.5 Å². The molecule has 4 saturated carbocycles. The molecule has 1 aromatic heterocycles. The fraction of sp³-hybridized carbons (Fsp3) is 0.387. The lowest BCUT2D eigenvalue weighted by Crippen LogP contribution is -2.48. The van der Waals surface area contributed by atoms with E-state index in [1.165, 1.54) is 48.4 Å². The molecule has 196 valence electrons. The Bertz CT molecular complexity index is 1620.